The van der Waals surface area contributed by atoms with Crippen molar-refractivity contribution < 1.29 is 4.79 Å². The predicted molar refractivity (Wildman–Crippen MR) is 112 cm³/mol. The number of aromatic nitrogens is 1. The van der Waals surface area contributed by atoms with E-state index in [9.17, 15) is 4.79 Å². The number of carbonyl (C=O) groups is 1. The SMILES string of the molecule is Cn1c(-c2cccs2)c(CNC(=O)NCc2ccccc2)c2ccccc21. The summed E-state index contributed by atoms with van der Waals surface area (Å²) in [6.45, 7) is 0.995. The summed E-state index contributed by atoms with van der Waals surface area (Å²) < 4.78 is 2.21. The van der Waals surface area contributed by atoms with E-state index < -0.39 is 0 Å². The zero-order valence-electron chi connectivity index (χ0n) is 15.1. The molecule has 0 atom stereocenters. The lowest BCUT2D eigenvalue weighted by Gasteiger charge is -2.10. The number of hydrogen-bond donors (Lipinski definition) is 2. The Kier molecular flexibility index (Phi) is 4.94. The van der Waals surface area contributed by atoms with Crippen molar-refractivity contribution >= 4 is 28.3 Å². The molecule has 4 aromatic rings. The van der Waals surface area contributed by atoms with Gasteiger partial charge in [0.05, 0.1) is 10.6 Å². The van der Waals surface area contributed by atoms with Crippen molar-refractivity contribution in [2.24, 2.45) is 7.05 Å². The number of urea groups is 1. The van der Waals surface area contributed by atoms with Crippen LogP contribution in [0.2, 0.25) is 0 Å². The third-order valence-corrected chi connectivity index (χ3v) is 5.56. The van der Waals surface area contributed by atoms with Gasteiger partial charge in [0.25, 0.3) is 0 Å². The zero-order chi connectivity index (χ0) is 18.6. The number of nitrogens with one attached hydrogen (secondary N) is 2. The molecule has 0 bridgehead atoms. The summed E-state index contributed by atoms with van der Waals surface area (Å²) in [5, 5.41) is 9.20. The highest BCUT2D eigenvalue weighted by molar-refractivity contribution is 7.13. The number of aryl methyl sites for hydroxylation is 1. The summed E-state index contributed by atoms with van der Waals surface area (Å²) in [6, 6.07) is 22.2. The highest BCUT2D eigenvalue weighted by Crippen LogP contribution is 2.35. The minimum absolute atomic E-state index is 0.163. The maximum atomic E-state index is 12.3. The van der Waals surface area contributed by atoms with Crippen LogP contribution in [0.25, 0.3) is 21.5 Å². The van der Waals surface area contributed by atoms with E-state index in [4.69, 9.17) is 0 Å². The number of thiophene rings is 1. The van der Waals surface area contributed by atoms with Gasteiger partial charge in [-0.25, -0.2) is 4.79 Å². The van der Waals surface area contributed by atoms with Gasteiger partial charge in [0.2, 0.25) is 0 Å². The van der Waals surface area contributed by atoms with E-state index in [0.717, 1.165) is 16.8 Å². The topological polar surface area (TPSA) is 46.1 Å². The molecular formula is C22H21N3OS. The van der Waals surface area contributed by atoms with Crippen LogP contribution in [0, 0.1) is 0 Å². The first kappa shape index (κ1) is 17.4. The first-order chi connectivity index (χ1) is 13.2. The number of carbonyl (C=O) groups excluding carboxylic acids is 1. The summed E-state index contributed by atoms with van der Waals surface area (Å²) in [5.74, 6) is 0. The van der Waals surface area contributed by atoms with E-state index in [-0.39, 0.29) is 6.03 Å². The summed E-state index contributed by atoms with van der Waals surface area (Å²) in [7, 11) is 2.08. The molecule has 4 nitrogen and oxygen atoms in total. The number of benzene rings is 2. The Balaban J connectivity index is 1.55. The van der Waals surface area contributed by atoms with E-state index in [1.165, 1.54) is 15.8 Å². The lowest BCUT2D eigenvalue weighted by Crippen LogP contribution is -2.34. The minimum atomic E-state index is -0.163. The molecule has 2 aromatic heterocycles. The molecule has 27 heavy (non-hydrogen) atoms. The molecule has 2 amide bonds. The Morgan fingerprint density at radius 1 is 0.926 bits per heavy atom. The normalized spacial score (nSPS) is 10.9. The van der Waals surface area contributed by atoms with Crippen LogP contribution in [0.1, 0.15) is 11.1 Å². The van der Waals surface area contributed by atoms with E-state index in [1.807, 2.05) is 42.5 Å². The molecule has 2 heterocycles. The fraction of sp³-hybridized carbons (Fsp3) is 0.136. The van der Waals surface area contributed by atoms with Crippen LogP contribution in [0.15, 0.2) is 72.1 Å². The Hall–Kier alpha value is -3.05. The van der Waals surface area contributed by atoms with Gasteiger partial charge in [-0.1, -0.05) is 54.6 Å². The first-order valence-corrected chi connectivity index (χ1v) is 9.78. The van der Waals surface area contributed by atoms with Crippen LogP contribution < -0.4 is 10.6 Å². The molecule has 5 heteroatoms. The first-order valence-electron chi connectivity index (χ1n) is 8.90. The largest absolute Gasteiger partial charge is 0.343 e. The maximum absolute atomic E-state index is 12.3. The highest BCUT2D eigenvalue weighted by Gasteiger charge is 2.17. The Bertz CT molecular complexity index is 1050. The quantitative estimate of drug-likeness (QED) is 0.512. The van der Waals surface area contributed by atoms with Gasteiger partial charge in [0.15, 0.2) is 0 Å². The summed E-state index contributed by atoms with van der Waals surface area (Å²) >= 11 is 1.71. The Labute approximate surface area is 162 Å². The molecule has 0 aliphatic carbocycles. The van der Waals surface area contributed by atoms with Crippen molar-refractivity contribution in [1.29, 1.82) is 0 Å². The van der Waals surface area contributed by atoms with E-state index in [0.29, 0.717) is 13.1 Å². The number of rotatable bonds is 5. The number of hydrogen-bond acceptors (Lipinski definition) is 2. The predicted octanol–water partition coefficient (Wildman–Crippen LogP) is 4.91. The van der Waals surface area contributed by atoms with Gasteiger partial charge in [0, 0.05) is 36.6 Å². The van der Waals surface area contributed by atoms with E-state index in [1.54, 1.807) is 11.3 Å². The highest BCUT2D eigenvalue weighted by atomic mass is 32.1. The molecule has 0 fully saturated rings. The molecule has 0 radical (unpaired) electrons. The number of para-hydroxylation sites is 1. The standard InChI is InChI=1S/C22H21N3OS/c1-25-19-11-6-5-10-17(19)18(21(25)20-12-7-13-27-20)15-24-22(26)23-14-16-8-3-2-4-9-16/h2-13H,14-15H2,1H3,(H2,23,24,26). The fourth-order valence-corrected chi connectivity index (χ4v) is 4.22. The summed E-state index contributed by atoms with van der Waals surface area (Å²) in [5.41, 5.74) is 4.56. The van der Waals surface area contributed by atoms with Crippen molar-refractivity contribution in [3.05, 3.63) is 83.2 Å². The van der Waals surface area contributed by atoms with Gasteiger partial charge >= 0.3 is 6.03 Å². The fourth-order valence-electron chi connectivity index (χ4n) is 3.39. The zero-order valence-corrected chi connectivity index (χ0v) is 15.9. The Morgan fingerprint density at radius 2 is 1.67 bits per heavy atom. The molecule has 4 rings (SSSR count). The second-order valence-corrected chi connectivity index (χ2v) is 7.35. The number of nitrogens with zero attached hydrogens (tertiary/aromatic N) is 1. The van der Waals surface area contributed by atoms with Crippen molar-refractivity contribution in [1.82, 2.24) is 15.2 Å². The maximum Gasteiger partial charge on any atom is 0.315 e. The minimum Gasteiger partial charge on any atom is -0.343 e. The second kappa shape index (κ2) is 7.68. The van der Waals surface area contributed by atoms with Gasteiger partial charge in [-0.3, -0.25) is 0 Å². The molecule has 0 unspecified atom stereocenters. The molecule has 2 N–H and O–H groups in total. The monoisotopic (exact) mass is 375 g/mol. The van der Waals surface area contributed by atoms with Crippen molar-refractivity contribution in [3.8, 4) is 10.6 Å². The van der Waals surface area contributed by atoms with Crippen LogP contribution in [-0.4, -0.2) is 10.6 Å². The Morgan fingerprint density at radius 3 is 2.44 bits per heavy atom. The van der Waals surface area contributed by atoms with Gasteiger partial charge < -0.3 is 15.2 Å². The third-order valence-electron chi connectivity index (χ3n) is 4.69. The summed E-state index contributed by atoms with van der Waals surface area (Å²) in [6.07, 6.45) is 0. The molecule has 0 saturated heterocycles. The lowest BCUT2D eigenvalue weighted by atomic mass is 10.1. The van der Waals surface area contributed by atoms with Crippen LogP contribution in [0.3, 0.4) is 0 Å². The summed E-state index contributed by atoms with van der Waals surface area (Å²) in [4.78, 5) is 13.5. The van der Waals surface area contributed by atoms with Crippen LogP contribution >= 0.6 is 11.3 Å². The van der Waals surface area contributed by atoms with E-state index in [2.05, 4.69) is 51.9 Å². The lowest BCUT2D eigenvalue weighted by molar-refractivity contribution is 0.240. The van der Waals surface area contributed by atoms with E-state index >= 15 is 0 Å². The molecule has 0 aliphatic rings. The third kappa shape index (κ3) is 3.59. The molecule has 0 saturated carbocycles. The van der Waals surface area contributed by atoms with Gasteiger partial charge in [0.1, 0.15) is 0 Å². The van der Waals surface area contributed by atoms with Crippen LogP contribution in [0.5, 0.6) is 0 Å². The molecule has 0 aliphatic heterocycles. The average molecular weight is 375 g/mol. The average Bonchev–Trinajstić information content (AvgIpc) is 3.32. The van der Waals surface area contributed by atoms with Gasteiger partial charge in [-0.15, -0.1) is 11.3 Å². The van der Waals surface area contributed by atoms with Crippen molar-refractivity contribution in [2.75, 3.05) is 0 Å². The molecule has 136 valence electrons. The van der Waals surface area contributed by atoms with Crippen molar-refractivity contribution in [2.45, 2.75) is 13.1 Å². The van der Waals surface area contributed by atoms with Gasteiger partial charge in [-0.05, 0) is 23.1 Å². The number of fused-ring (bicyclic) bond motifs is 1. The second-order valence-electron chi connectivity index (χ2n) is 6.40. The smallest absolute Gasteiger partial charge is 0.315 e. The number of amides is 2. The van der Waals surface area contributed by atoms with Gasteiger partial charge in [-0.2, -0.15) is 0 Å². The van der Waals surface area contributed by atoms with Crippen molar-refractivity contribution in [3.63, 3.8) is 0 Å². The molecule has 0 spiro atoms. The molecular weight excluding hydrogens is 354 g/mol. The van der Waals surface area contributed by atoms with Crippen LogP contribution in [0.4, 0.5) is 4.79 Å². The molecule has 2 aromatic carbocycles. The van der Waals surface area contributed by atoms with Crippen LogP contribution in [-0.2, 0) is 20.1 Å².